The molecular formula is C6H18O8P2. The van der Waals surface area contributed by atoms with Gasteiger partial charge >= 0.3 is 15.6 Å². The lowest BCUT2D eigenvalue weighted by Crippen LogP contribution is -1.93. The Hall–Kier alpha value is 0.220. The van der Waals surface area contributed by atoms with Gasteiger partial charge in [-0.15, -0.1) is 0 Å². The van der Waals surface area contributed by atoms with E-state index >= 15 is 0 Å². The molecule has 16 heavy (non-hydrogen) atoms. The number of phosphoric ester groups is 2. The van der Waals surface area contributed by atoms with Crippen LogP contribution in [0.25, 0.3) is 0 Å². The van der Waals surface area contributed by atoms with Crippen LogP contribution in [-0.4, -0.2) is 34.5 Å². The zero-order valence-corrected chi connectivity index (χ0v) is 11.2. The molecule has 0 aromatic heterocycles. The Morgan fingerprint density at radius 1 is 0.812 bits per heavy atom. The number of hydrogen-bond acceptors (Lipinski definition) is 5. The lowest BCUT2D eigenvalue weighted by atomic mass is 10.9. The molecule has 8 nitrogen and oxygen atoms in total. The fourth-order valence-electron chi connectivity index (χ4n) is 0.532. The van der Waals surface area contributed by atoms with Crippen molar-refractivity contribution in [3.8, 4) is 0 Å². The number of phosphoric acid groups is 2. The summed E-state index contributed by atoms with van der Waals surface area (Å²) in [5, 5.41) is 0. The van der Waals surface area contributed by atoms with Gasteiger partial charge < -0.3 is 14.7 Å². The average Bonchev–Trinajstić information content (AvgIpc) is 2.01. The van der Waals surface area contributed by atoms with Gasteiger partial charge in [-0.25, -0.2) is 9.13 Å². The fraction of sp³-hybridized carbons (Fsp3) is 1.00. The molecule has 3 N–H and O–H groups in total. The van der Waals surface area contributed by atoms with Crippen LogP contribution in [0.5, 0.6) is 0 Å². The minimum atomic E-state index is -4.17. The minimum Gasteiger partial charge on any atom is -0.303 e. The zero-order chi connectivity index (χ0) is 13.2. The number of rotatable bonds is 6. The van der Waals surface area contributed by atoms with Gasteiger partial charge in [0.15, 0.2) is 0 Å². The van der Waals surface area contributed by atoms with Gasteiger partial charge in [-0.3, -0.25) is 13.6 Å². The van der Waals surface area contributed by atoms with Crippen LogP contribution in [0.1, 0.15) is 20.8 Å². The van der Waals surface area contributed by atoms with Crippen LogP contribution in [0.4, 0.5) is 0 Å². The maximum absolute atomic E-state index is 10.5. The summed E-state index contributed by atoms with van der Waals surface area (Å²) in [5.41, 5.74) is 0. The first kappa shape index (κ1) is 18.6. The third-order valence-electron chi connectivity index (χ3n) is 0.882. The van der Waals surface area contributed by atoms with Crippen molar-refractivity contribution in [1.29, 1.82) is 0 Å². The van der Waals surface area contributed by atoms with Crippen LogP contribution in [0.15, 0.2) is 0 Å². The van der Waals surface area contributed by atoms with E-state index in [9.17, 15) is 9.13 Å². The highest BCUT2D eigenvalue weighted by molar-refractivity contribution is 7.47. The van der Waals surface area contributed by atoms with Crippen LogP contribution < -0.4 is 0 Å². The van der Waals surface area contributed by atoms with Crippen molar-refractivity contribution in [2.45, 2.75) is 20.8 Å². The van der Waals surface area contributed by atoms with E-state index in [4.69, 9.17) is 14.7 Å². The molecule has 0 amide bonds. The van der Waals surface area contributed by atoms with E-state index in [1.807, 2.05) is 0 Å². The molecule has 0 saturated carbocycles. The van der Waals surface area contributed by atoms with Gasteiger partial charge in [0, 0.05) is 0 Å². The standard InChI is InChI=1S/C4H11O4P.C2H7O4P/c1-3-7-9(5,6)8-4-2;1-2-6-7(3,4)5/h3-4H2,1-2H3,(H,5,6);2H2,1H3,(H2,3,4,5). The molecule has 10 heteroatoms. The molecular weight excluding hydrogens is 262 g/mol. The first-order valence-electron chi connectivity index (χ1n) is 4.50. The van der Waals surface area contributed by atoms with E-state index in [0.717, 1.165) is 0 Å². The summed E-state index contributed by atoms with van der Waals surface area (Å²) in [6, 6.07) is 0. The molecule has 0 unspecified atom stereocenters. The molecule has 0 aliphatic rings. The SMILES string of the molecule is CCOP(=O)(O)O.CCOP(=O)(O)OCC. The average molecular weight is 280 g/mol. The highest BCUT2D eigenvalue weighted by Crippen LogP contribution is 2.42. The third-order valence-corrected chi connectivity index (χ3v) is 2.65. The van der Waals surface area contributed by atoms with Gasteiger partial charge in [-0.05, 0) is 20.8 Å². The second kappa shape index (κ2) is 9.27. The lowest BCUT2D eigenvalue weighted by molar-refractivity contribution is 0.161. The predicted molar refractivity (Wildman–Crippen MR) is 56.7 cm³/mol. The molecule has 0 aromatic rings. The van der Waals surface area contributed by atoms with Crippen molar-refractivity contribution in [2.75, 3.05) is 19.8 Å². The molecule has 0 radical (unpaired) electrons. The fourth-order valence-corrected chi connectivity index (χ4v) is 1.60. The third kappa shape index (κ3) is 16.6. The summed E-state index contributed by atoms with van der Waals surface area (Å²) in [6.07, 6.45) is 0. The smallest absolute Gasteiger partial charge is 0.303 e. The molecule has 0 aliphatic carbocycles. The Morgan fingerprint density at radius 3 is 1.25 bits per heavy atom. The Kier molecular flexibility index (Phi) is 10.8. The van der Waals surface area contributed by atoms with Crippen molar-refractivity contribution >= 4 is 15.6 Å². The molecule has 0 heterocycles. The van der Waals surface area contributed by atoms with Crippen molar-refractivity contribution < 1.29 is 37.4 Å². The largest absolute Gasteiger partial charge is 0.472 e. The van der Waals surface area contributed by atoms with E-state index in [1.165, 1.54) is 6.92 Å². The maximum atomic E-state index is 10.5. The van der Waals surface area contributed by atoms with Crippen LogP contribution in [0.3, 0.4) is 0 Å². The van der Waals surface area contributed by atoms with Gasteiger partial charge in [0.05, 0.1) is 19.8 Å². The van der Waals surface area contributed by atoms with Crippen molar-refractivity contribution in [2.24, 2.45) is 0 Å². The normalized spacial score (nSPS) is 11.9. The predicted octanol–water partition coefficient (Wildman–Crippen LogP) is 1.28. The molecule has 0 bridgehead atoms. The molecule has 0 aliphatic heterocycles. The topological polar surface area (TPSA) is 123 Å². The molecule has 0 atom stereocenters. The van der Waals surface area contributed by atoms with Gasteiger partial charge in [-0.1, -0.05) is 0 Å². The summed E-state index contributed by atoms with van der Waals surface area (Å²) in [4.78, 5) is 24.4. The van der Waals surface area contributed by atoms with Gasteiger partial charge in [0.1, 0.15) is 0 Å². The van der Waals surface area contributed by atoms with Crippen LogP contribution in [-0.2, 0) is 22.7 Å². The van der Waals surface area contributed by atoms with Gasteiger partial charge in [0.2, 0.25) is 0 Å². The maximum Gasteiger partial charge on any atom is 0.472 e. The second-order valence-electron chi connectivity index (χ2n) is 2.21. The van der Waals surface area contributed by atoms with Crippen LogP contribution in [0, 0.1) is 0 Å². The zero-order valence-electron chi connectivity index (χ0n) is 9.40. The quantitative estimate of drug-likeness (QED) is 0.622. The number of hydrogen-bond donors (Lipinski definition) is 3. The van der Waals surface area contributed by atoms with Crippen molar-refractivity contribution in [3.63, 3.8) is 0 Å². The first-order valence-corrected chi connectivity index (χ1v) is 7.53. The molecule has 0 fully saturated rings. The highest BCUT2D eigenvalue weighted by atomic mass is 31.2. The van der Waals surface area contributed by atoms with E-state index in [-0.39, 0.29) is 19.8 Å². The Morgan fingerprint density at radius 2 is 1.12 bits per heavy atom. The van der Waals surface area contributed by atoms with E-state index < -0.39 is 15.6 Å². The summed E-state index contributed by atoms with van der Waals surface area (Å²) in [6.45, 7) is 5.19. The van der Waals surface area contributed by atoms with Crippen molar-refractivity contribution in [3.05, 3.63) is 0 Å². The minimum absolute atomic E-state index is 0.0459. The molecule has 100 valence electrons. The molecule has 0 rings (SSSR count). The van der Waals surface area contributed by atoms with E-state index in [1.54, 1.807) is 13.8 Å². The Labute approximate surface area is 94.4 Å². The highest BCUT2D eigenvalue weighted by Gasteiger charge is 2.17. The molecule has 0 aromatic carbocycles. The molecule has 0 spiro atoms. The van der Waals surface area contributed by atoms with Crippen LogP contribution >= 0.6 is 15.6 Å². The molecule has 0 saturated heterocycles. The first-order chi connectivity index (χ1) is 7.18. The Bertz CT molecular complexity index is 239. The summed E-state index contributed by atoms with van der Waals surface area (Å²) in [7, 11) is -7.86. The lowest BCUT2D eigenvalue weighted by Gasteiger charge is -2.07. The summed E-state index contributed by atoms with van der Waals surface area (Å²) in [5.74, 6) is 0. The van der Waals surface area contributed by atoms with E-state index in [0.29, 0.717) is 0 Å². The Balaban J connectivity index is 0. The van der Waals surface area contributed by atoms with Gasteiger partial charge in [-0.2, -0.15) is 0 Å². The van der Waals surface area contributed by atoms with Crippen molar-refractivity contribution in [1.82, 2.24) is 0 Å². The van der Waals surface area contributed by atoms with Gasteiger partial charge in [0.25, 0.3) is 0 Å². The second-order valence-corrected chi connectivity index (χ2v) is 4.91. The summed E-state index contributed by atoms with van der Waals surface area (Å²) < 4.78 is 32.8. The summed E-state index contributed by atoms with van der Waals surface area (Å²) >= 11 is 0. The monoisotopic (exact) mass is 280 g/mol. The van der Waals surface area contributed by atoms with E-state index in [2.05, 4.69) is 13.6 Å². The van der Waals surface area contributed by atoms with Crippen LogP contribution in [0.2, 0.25) is 0 Å².